The number of halogens is 3. The minimum atomic E-state index is -4.60. The molecule has 5 rings (SSSR count). The number of benzene rings is 1. The van der Waals surface area contributed by atoms with E-state index in [0.29, 0.717) is 51.2 Å². The van der Waals surface area contributed by atoms with Gasteiger partial charge in [0.05, 0.1) is 19.6 Å². The zero-order chi connectivity index (χ0) is 28.3. The van der Waals surface area contributed by atoms with Crippen molar-refractivity contribution in [3.05, 3.63) is 35.5 Å². The Morgan fingerprint density at radius 1 is 1.15 bits per heavy atom. The Bertz CT molecular complexity index is 1180. The Morgan fingerprint density at radius 2 is 1.93 bits per heavy atom. The molecule has 9 nitrogen and oxygen atoms in total. The molecule has 1 aromatic carbocycles. The number of ether oxygens (including phenoxy) is 1. The molecule has 12 heteroatoms. The number of hydrogen-bond acceptors (Lipinski definition) is 8. The topological polar surface area (TPSA) is 85.9 Å². The minimum absolute atomic E-state index is 0.000250. The standard InChI is InChI=1S/C28H38F3N7O2/c1-3-19-15-20(38-17-21-5-6-22(18-38)36(21)2)7-8-24(19)34-27-33-16-23(28(29,30)31)26(35-27)32-10-4-11-37-12-14-40-13-9-25(37)39/h7-8,15-16,21-22H,3-6,9-14,17-18H2,1-2H3,(H2,32,33,34,35). The predicted molar refractivity (Wildman–Crippen MR) is 148 cm³/mol. The number of carbonyl (C=O) groups is 1. The lowest BCUT2D eigenvalue weighted by molar-refractivity contribution is -0.137. The maximum Gasteiger partial charge on any atom is 0.421 e. The summed E-state index contributed by atoms with van der Waals surface area (Å²) >= 11 is 0. The number of amides is 1. The Kier molecular flexibility index (Phi) is 8.65. The first kappa shape index (κ1) is 28.4. The monoisotopic (exact) mass is 561 g/mol. The largest absolute Gasteiger partial charge is 0.421 e. The fourth-order valence-electron chi connectivity index (χ4n) is 5.85. The number of aryl methyl sites for hydroxylation is 1. The van der Waals surface area contributed by atoms with Gasteiger partial charge in [-0.2, -0.15) is 18.2 Å². The molecule has 4 heterocycles. The molecule has 40 heavy (non-hydrogen) atoms. The Hall–Kier alpha value is -3.12. The lowest BCUT2D eigenvalue weighted by Gasteiger charge is -2.40. The number of carbonyl (C=O) groups excluding carboxylic acids is 1. The molecule has 218 valence electrons. The van der Waals surface area contributed by atoms with Gasteiger partial charge in [-0.15, -0.1) is 0 Å². The van der Waals surface area contributed by atoms with Crippen molar-refractivity contribution in [2.24, 2.45) is 0 Å². The summed E-state index contributed by atoms with van der Waals surface area (Å²) in [5.41, 5.74) is 2.06. The first-order chi connectivity index (χ1) is 19.2. The van der Waals surface area contributed by atoms with Gasteiger partial charge in [-0.1, -0.05) is 6.92 Å². The molecule has 0 radical (unpaired) electrons. The Morgan fingerprint density at radius 3 is 2.65 bits per heavy atom. The highest BCUT2D eigenvalue weighted by Crippen LogP contribution is 2.35. The summed E-state index contributed by atoms with van der Waals surface area (Å²) in [7, 11) is 2.21. The molecule has 3 aliphatic rings. The molecular weight excluding hydrogens is 523 g/mol. The maximum absolute atomic E-state index is 13.7. The van der Waals surface area contributed by atoms with E-state index in [1.165, 1.54) is 12.8 Å². The molecule has 3 aliphatic heterocycles. The second-order valence-electron chi connectivity index (χ2n) is 10.8. The van der Waals surface area contributed by atoms with Crippen molar-refractivity contribution in [2.45, 2.75) is 57.3 Å². The molecule has 2 N–H and O–H groups in total. The van der Waals surface area contributed by atoms with Gasteiger partial charge in [-0.05, 0) is 56.5 Å². The van der Waals surface area contributed by atoms with Gasteiger partial charge in [0.2, 0.25) is 11.9 Å². The summed E-state index contributed by atoms with van der Waals surface area (Å²) in [6, 6.07) is 7.33. The van der Waals surface area contributed by atoms with E-state index in [2.05, 4.69) is 56.5 Å². The first-order valence-corrected chi connectivity index (χ1v) is 14.1. The van der Waals surface area contributed by atoms with Gasteiger partial charge in [0.1, 0.15) is 11.4 Å². The SMILES string of the molecule is CCc1cc(N2CC3CCC(C2)N3C)ccc1Nc1ncc(C(F)(F)F)c(NCCCN2CCOCCC2=O)n1. The molecule has 1 amide bonds. The number of fused-ring (bicyclic) bond motifs is 2. The van der Waals surface area contributed by atoms with Crippen LogP contribution in [0, 0.1) is 0 Å². The van der Waals surface area contributed by atoms with Crippen LogP contribution in [0.2, 0.25) is 0 Å². The number of rotatable bonds is 9. The number of hydrogen-bond donors (Lipinski definition) is 2. The summed E-state index contributed by atoms with van der Waals surface area (Å²) in [5, 5.41) is 5.96. The van der Waals surface area contributed by atoms with E-state index in [1.54, 1.807) is 4.90 Å². The normalized spacial score (nSPS) is 22.0. The van der Waals surface area contributed by atoms with Gasteiger partial charge < -0.3 is 25.2 Å². The zero-order valence-electron chi connectivity index (χ0n) is 23.1. The number of anilines is 4. The van der Waals surface area contributed by atoms with Gasteiger partial charge in [-0.3, -0.25) is 9.69 Å². The third kappa shape index (κ3) is 6.43. The molecule has 2 aromatic rings. The van der Waals surface area contributed by atoms with E-state index in [9.17, 15) is 18.0 Å². The van der Waals surface area contributed by atoms with Crippen molar-refractivity contribution >= 4 is 29.0 Å². The van der Waals surface area contributed by atoms with Gasteiger partial charge in [0.15, 0.2) is 0 Å². The molecular formula is C28H38F3N7O2. The molecule has 2 bridgehead atoms. The number of alkyl halides is 3. The second kappa shape index (κ2) is 12.2. The summed E-state index contributed by atoms with van der Waals surface area (Å²) in [5.74, 6) is -0.187. The molecule has 2 atom stereocenters. The highest BCUT2D eigenvalue weighted by atomic mass is 19.4. The Balaban J connectivity index is 1.26. The summed E-state index contributed by atoms with van der Waals surface area (Å²) in [4.78, 5) is 26.9. The summed E-state index contributed by atoms with van der Waals surface area (Å²) in [6.07, 6.45) is 0.220. The van der Waals surface area contributed by atoms with Gasteiger partial charge in [0, 0.05) is 62.4 Å². The second-order valence-corrected chi connectivity index (χ2v) is 10.8. The average Bonchev–Trinajstić information content (AvgIpc) is 3.09. The molecule has 0 saturated carbocycles. The lowest BCUT2D eigenvalue weighted by Crippen LogP contribution is -2.52. The van der Waals surface area contributed by atoms with E-state index in [1.807, 2.05) is 6.07 Å². The van der Waals surface area contributed by atoms with Gasteiger partial charge >= 0.3 is 6.18 Å². The number of nitrogens with zero attached hydrogens (tertiary/aromatic N) is 5. The third-order valence-electron chi connectivity index (χ3n) is 8.24. The fraction of sp³-hybridized carbons (Fsp3) is 0.607. The summed E-state index contributed by atoms with van der Waals surface area (Å²) < 4.78 is 46.5. The molecule has 0 spiro atoms. The van der Waals surface area contributed by atoms with Crippen molar-refractivity contribution in [1.82, 2.24) is 19.8 Å². The summed E-state index contributed by atoms with van der Waals surface area (Å²) in [6.45, 7) is 6.08. The molecule has 0 aliphatic carbocycles. The van der Waals surface area contributed by atoms with E-state index in [4.69, 9.17) is 4.74 Å². The van der Waals surface area contributed by atoms with Crippen LogP contribution in [0.15, 0.2) is 24.4 Å². The molecule has 2 unspecified atom stereocenters. The van der Waals surface area contributed by atoms with Crippen molar-refractivity contribution in [2.75, 3.05) is 68.5 Å². The predicted octanol–water partition coefficient (Wildman–Crippen LogP) is 4.14. The third-order valence-corrected chi connectivity index (χ3v) is 8.24. The van der Waals surface area contributed by atoms with E-state index >= 15 is 0 Å². The van der Waals surface area contributed by atoms with Crippen molar-refractivity contribution in [3.63, 3.8) is 0 Å². The maximum atomic E-state index is 13.7. The highest BCUT2D eigenvalue weighted by Gasteiger charge is 2.38. The van der Waals surface area contributed by atoms with Crippen molar-refractivity contribution in [1.29, 1.82) is 0 Å². The van der Waals surface area contributed by atoms with Crippen LogP contribution in [0.25, 0.3) is 0 Å². The quantitative estimate of drug-likeness (QED) is 0.442. The van der Waals surface area contributed by atoms with Crippen LogP contribution in [0.5, 0.6) is 0 Å². The zero-order valence-corrected chi connectivity index (χ0v) is 23.1. The van der Waals surface area contributed by atoms with Crippen molar-refractivity contribution < 1.29 is 22.7 Å². The molecule has 3 saturated heterocycles. The minimum Gasteiger partial charge on any atom is -0.379 e. The van der Waals surface area contributed by atoms with Crippen molar-refractivity contribution in [3.8, 4) is 0 Å². The van der Waals surface area contributed by atoms with E-state index in [0.717, 1.165) is 42.6 Å². The van der Waals surface area contributed by atoms with Crippen LogP contribution in [0.3, 0.4) is 0 Å². The van der Waals surface area contributed by atoms with Crippen LogP contribution in [0.4, 0.5) is 36.3 Å². The first-order valence-electron chi connectivity index (χ1n) is 14.1. The highest BCUT2D eigenvalue weighted by molar-refractivity contribution is 5.76. The molecule has 3 fully saturated rings. The number of likely N-dealkylation sites (N-methyl/N-ethyl adjacent to an activating group) is 1. The van der Waals surface area contributed by atoms with Crippen LogP contribution in [-0.4, -0.2) is 90.7 Å². The van der Waals surface area contributed by atoms with Gasteiger partial charge in [-0.25, -0.2) is 4.98 Å². The lowest BCUT2D eigenvalue weighted by atomic mass is 10.1. The van der Waals surface area contributed by atoms with Gasteiger partial charge in [0.25, 0.3) is 0 Å². The van der Waals surface area contributed by atoms with Crippen LogP contribution >= 0.6 is 0 Å². The average molecular weight is 562 g/mol. The smallest absolute Gasteiger partial charge is 0.379 e. The number of aromatic nitrogens is 2. The molecule has 1 aromatic heterocycles. The van der Waals surface area contributed by atoms with Crippen LogP contribution in [0.1, 0.15) is 43.7 Å². The van der Waals surface area contributed by atoms with Crippen LogP contribution < -0.4 is 15.5 Å². The van der Waals surface area contributed by atoms with E-state index < -0.39 is 11.7 Å². The number of nitrogens with one attached hydrogen (secondary N) is 2. The fourth-order valence-corrected chi connectivity index (χ4v) is 5.85. The van der Waals surface area contributed by atoms with E-state index in [-0.39, 0.29) is 24.2 Å². The number of piperazine rings is 1. The van der Waals surface area contributed by atoms with Crippen LogP contribution in [-0.2, 0) is 22.1 Å². The Labute approximate surface area is 233 Å².